The van der Waals surface area contributed by atoms with E-state index in [2.05, 4.69) is 44.7 Å². The van der Waals surface area contributed by atoms with Gasteiger partial charge in [0.15, 0.2) is 0 Å². The van der Waals surface area contributed by atoms with E-state index in [1.165, 1.54) is 29.3 Å². The van der Waals surface area contributed by atoms with Crippen LogP contribution in [0.5, 0.6) is 0 Å². The fourth-order valence-corrected chi connectivity index (χ4v) is 4.54. The summed E-state index contributed by atoms with van der Waals surface area (Å²) in [6.45, 7) is 5.69. The van der Waals surface area contributed by atoms with Gasteiger partial charge in [-0.3, -0.25) is 19.7 Å². The minimum absolute atomic E-state index is 0.297. The number of aliphatic hydroxyl groups is 1. The maximum absolute atomic E-state index is 12.5. The minimum Gasteiger partial charge on any atom is -0.391 e. The second-order valence-corrected chi connectivity index (χ2v) is 9.22. The molecular weight excluding hydrogens is 470 g/mol. The fraction of sp³-hybridized carbons (Fsp3) is 0.333. The average molecular weight is 498 g/mol. The molecule has 4 N–H and O–H groups in total. The van der Waals surface area contributed by atoms with Crippen molar-refractivity contribution in [1.82, 2.24) is 25.9 Å². The maximum Gasteiger partial charge on any atom is 0.268 e. The zero-order valence-electron chi connectivity index (χ0n) is 19.2. The lowest BCUT2D eigenvalue weighted by Gasteiger charge is -2.26. The van der Waals surface area contributed by atoms with Crippen molar-refractivity contribution in [2.24, 2.45) is 0 Å². The maximum atomic E-state index is 12.5. The predicted molar refractivity (Wildman–Crippen MR) is 130 cm³/mol. The number of ether oxygens (including phenoxy) is 1. The summed E-state index contributed by atoms with van der Waals surface area (Å²) < 4.78 is 5.40. The number of amides is 2. The van der Waals surface area contributed by atoms with E-state index in [1.807, 2.05) is 0 Å². The molecule has 0 saturated carbocycles. The molecule has 0 unspecified atom stereocenters. The van der Waals surface area contributed by atoms with Crippen LogP contribution >= 0.6 is 11.3 Å². The largest absolute Gasteiger partial charge is 0.391 e. The number of hydroxylamine groups is 1. The number of carbonyl (C=O) groups is 2. The van der Waals surface area contributed by atoms with Crippen LogP contribution in [-0.4, -0.2) is 75.7 Å². The molecule has 184 valence electrons. The van der Waals surface area contributed by atoms with Gasteiger partial charge in [-0.25, -0.2) is 5.48 Å². The third-order valence-electron chi connectivity index (χ3n) is 5.69. The normalized spacial score (nSPS) is 15.9. The minimum atomic E-state index is -1.28. The number of nitrogens with zero attached hydrogens (tertiary/aromatic N) is 3. The van der Waals surface area contributed by atoms with Gasteiger partial charge in [-0.1, -0.05) is 47.7 Å². The highest BCUT2D eigenvalue weighted by Gasteiger charge is 2.25. The first-order chi connectivity index (χ1) is 16.9. The van der Waals surface area contributed by atoms with E-state index in [1.54, 1.807) is 24.3 Å². The molecule has 1 aromatic heterocycles. The summed E-state index contributed by atoms with van der Waals surface area (Å²) in [4.78, 5) is 26.5. The van der Waals surface area contributed by atoms with E-state index in [4.69, 9.17) is 9.94 Å². The van der Waals surface area contributed by atoms with Crippen LogP contribution in [0.3, 0.4) is 0 Å². The van der Waals surface area contributed by atoms with Gasteiger partial charge in [0, 0.05) is 36.3 Å². The molecule has 4 rings (SSSR count). The summed E-state index contributed by atoms with van der Waals surface area (Å²) in [5.74, 6) is -1.46. The smallest absolute Gasteiger partial charge is 0.268 e. The quantitative estimate of drug-likeness (QED) is 0.273. The SMILES string of the molecule is C[C@@H](O)[C@H](NC(=O)c1ccc(-c2nnc(-c3ccc(CN4CCOCC4)cc3)s2)cc1)C(=O)NO. The molecule has 3 aromatic rings. The van der Waals surface area contributed by atoms with Crippen LogP contribution in [0.1, 0.15) is 22.8 Å². The standard InChI is InChI=1S/C24H27N5O5S/c1-15(30)20(22(32)28-33)25-21(31)17-6-8-19(9-7-17)24-27-26-23(35-24)18-4-2-16(3-5-18)14-29-10-12-34-13-11-29/h2-9,15,20,30,33H,10-14H2,1H3,(H,25,31)(H,28,32)/t15-,20+/m1/s1. The molecule has 1 aliphatic rings. The Morgan fingerprint density at radius 3 is 2.14 bits per heavy atom. The number of morpholine rings is 1. The number of nitrogens with one attached hydrogen (secondary N) is 2. The summed E-state index contributed by atoms with van der Waals surface area (Å²) in [5, 5.41) is 31.0. The van der Waals surface area contributed by atoms with Gasteiger partial charge >= 0.3 is 0 Å². The van der Waals surface area contributed by atoms with E-state index in [0.717, 1.165) is 49.0 Å². The number of hydrogen-bond acceptors (Lipinski definition) is 9. The molecular formula is C24H27N5O5S. The molecule has 0 aliphatic carbocycles. The van der Waals surface area contributed by atoms with Crippen molar-refractivity contribution in [3.05, 3.63) is 59.7 Å². The van der Waals surface area contributed by atoms with E-state index in [0.29, 0.717) is 10.6 Å². The number of benzene rings is 2. The molecule has 1 saturated heterocycles. The Morgan fingerprint density at radius 1 is 1.03 bits per heavy atom. The van der Waals surface area contributed by atoms with Crippen LogP contribution in [0.2, 0.25) is 0 Å². The number of carbonyl (C=O) groups excluding carboxylic acids is 2. The van der Waals surface area contributed by atoms with Crippen molar-refractivity contribution in [3.8, 4) is 21.1 Å². The third-order valence-corrected chi connectivity index (χ3v) is 6.71. The monoisotopic (exact) mass is 497 g/mol. The Bertz CT molecular complexity index is 1140. The first-order valence-electron chi connectivity index (χ1n) is 11.2. The van der Waals surface area contributed by atoms with E-state index >= 15 is 0 Å². The summed E-state index contributed by atoms with van der Waals surface area (Å²) >= 11 is 1.45. The molecule has 1 fully saturated rings. The molecule has 2 heterocycles. The van der Waals surface area contributed by atoms with Gasteiger partial charge in [0.25, 0.3) is 11.8 Å². The van der Waals surface area contributed by atoms with Crippen molar-refractivity contribution >= 4 is 23.2 Å². The highest BCUT2D eigenvalue weighted by molar-refractivity contribution is 7.17. The predicted octanol–water partition coefficient (Wildman–Crippen LogP) is 1.69. The number of hydrogen-bond donors (Lipinski definition) is 4. The van der Waals surface area contributed by atoms with Gasteiger partial charge in [-0.15, -0.1) is 10.2 Å². The Balaban J connectivity index is 1.40. The second-order valence-electron chi connectivity index (χ2n) is 8.24. The van der Waals surface area contributed by atoms with Crippen LogP contribution in [0.4, 0.5) is 0 Å². The molecule has 35 heavy (non-hydrogen) atoms. The molecule has 2 aromatic carbocycles. The van der Waals surface area contributed by atoms with Crippen LogP contribution < -0.4 is 10.8 Å². The zero-order chi connectivity index (χ0) is 24.8. The van der Waals surface area contributed by atoms with Crippen molar-refractivity contribution in [1.29, 1.82) is 0 Å². The lowest BCUT2D eigenvalue weighted by Crippen LogP contribution is -2.51. The topological polar surface area (TPSA) is 137 Å². The Morgan fingerprint density at radius 2 is 1.60 bits per heavy atom. The molecule has 1 aliphatic heterocycles. The molecule has 2 atom stereocenters. The molecule has 10 nitrogen and oxygen atoms in total. The first kappa shape index (κ1) is 24.9. The third kappa shape index (κ3) is 6.27. The summed E-state index contributed by atoms with van der Waals surface area (Å²) in [6, 6.07) is 13.7. The fourth-order valence-electron chi connectivity index (χ4n) is 3.69. The van der Waals surface area contributed by atoms with Gasteiger partial charge in [0.05, 0.1) is 19.3 Å². The van der Waals surface area contributed by atoms with Crippen molar-refractivity contribution in [3.63, 3.8) is 0 Å². The first-order valence-corrected chi connectivity index (χ1v) is 12.0. The lowest BCUT2D eigenvalue weighted by atomic mass is 10.1. The van der Waals surface area contributed by atoms with Crippen LogP contribution in [0.25, 0.3) is 21.1 Å². The number of rotatable bonds is 8. The highest BCUT2D eigenvalue weighted by Crippen LogP contribution is 2.30. The molecule has 0 radical (unpaired) electrons. The average Bonchev–Trinajstić information content (AvgIpc) is 3.38. The molecule has 0 bridgehead atoms. The van der Waals surface area contributed by atoms with Gasteiger partial charge < -0.3 is 15.2 Å². The van der Waals surface area contributed by atoms with E-state index in [9.17, 15) is 14.7 Å². The zero-order valence-corrected chi connectivity index (χ0v) is 20.0. The summed E-state index contributed by atoms with van der Waals surface area (Å²) in [5.41, 5.74) is 4.76. The Labute approximate surface area is 206 Å². The molecule has 2 amide bonds. The lowest BCUT2D eigenvalue weighted by molar-refractivity contribution is -0.133. The van der Waals surface area contributed by atoms with Crippen LogP contribution in [0.15, 0.2) is 48.5 Å². The van der Waals surface area contributed by atoms with Crippen molar-refractivity contribution in [2.75, 3.05) is 26.3 Å². The second kappa shape index (κ2) is 11.5. The van der Waals surface area contributed by atoms with Gasteiger partial charge in [-0.2, -0.15) is 0 Å². The van der Waals surface area contributed by atoms with Crippen LogP contribution in [-0.2, 0) is 16.1 Å². The molecule has 11 heteroatoms. The summed E-state index contributed by atoms with van der Waals surface area (Å²) in [7, 11) is 0. The van der Waals surface area contributed by atoms with E-state index < -0.39 is 24.0 Å². The number of aromatic nitrogens is 2. The Hall–Kier alpha value is -3.22. The van der Waals surface area contributed by atoms with E-state index in [-0.39, 0.29) is 0 Å². The van der Waals surface area contributed by atoms with Gasteiger partial charge in [0.2, 0.25) is 0 Å². The number of aliphatic hydroxyl groups excluding tert-OH is 1. The Kier molecular flexibility index (Phi) is 8.16. The van der Waals surface area contributed by atoms with Crippen molar-refractivity contribution in [2.45, 2.75) is 25.6 Å². The summed E-state index contributed by atoms with van der Waals surface area (Å²) in [6.07, 6.45) is -1.18. The molecule has 0 spiro atoms. The van der Waals surface area contributed by atoms with Crippen molar-refractivity contribution < 1.29 is 24.6 Å². The van der Waals surface area contributed by atoms with Gasteiger partial charge in [0.1, 0.15) is 16.1 Å². The highest BCUT2D eigenvalue weighted by atomic mass is 32.1. The van der Waals surface area contributed by atoms with Gasteiger partial charge in [-0.05, 0) is 24.6 Å². The van der Waals surface area contributed by atoms with Crippen LogP contribution in [0, 0.1) is 0 Å².